The Morgan fingerprint density at radius 3 is 2.30 bits per heavy atom. The fourth-order valence-corrected chi connectivity index (χ4v) is 5.92. The van der Waals surface area contributed by atoms with Crippen LogP contribution in [0.5, 0.6) is 0 Å². The van der Waals surface area contributed by atoms with Crippen molar-refractivity contribution in [2.75, 3.05) is 11.9 Å². The summed E-state index contributed by atoms with van der Waals surface area (Å²) in [5.41, 5.74) is 3.02. The van der Waals surface area contributed by atoms with Crippen LogP contribution in [0.1, 0.15) is 56.1 Å². The van der Waals surface area contributed by atoms with Crippen molar-refractivity contribution in [3.63, 3.8) is 0 Å². The van der Waals surface area contributed by atoms with E-state index in [9.17, 15) is 9.59 Å². The highest BCUT2D eigenvalue weighted by atomic mass is 16.2. The van der Waals surface area contributed by atoms with Gasteiger partial charge in [-0.05, 0) is 87.3 Å². The standard InChI is InChI=1S/C22H31N3O2/c1-14-3-4-15(2)19(7-14)24-20(26)5-6-23-21(27)25-22-11-16-8-17(12-22)10-18(9-16)13-22/h3-4,7,16-18H,5-6,8-13H2,1-2H3,(H,24,26)(H2,23,25,27). The molecule has 5 rings (SSSR count). The molecular formula is C22H31N3O2. The maximum Gasteiger partial charge on any atom is 0.315 e. The molecule has 4 saturated carbocycles. The van der Waals surface area contributed by atoms with Crippen molar-refractivity contribution < 1.29 is 9.59 Å². The zero-order valence-corrected chi connectivity index (χ0v) is 16.4. The number of rotatable bonds is 5. The van der Waals surface area contributed by atoms with Crippen LogP contribution in [0.4, 0.5) is 10.5 Å². The van der Waals surface area contributed by atoms with Gasteiger partial charge in [0.15, 0.2) is 0 Å². The van der Waals surface area contributed by atoms with Crippen LogP contribution in [0.3, 0.4) is 0 Å². The molecule has 1 aromatic rings. The molecule has 0 atom stereocenters. The number of carbonyl (C=O) groups is 2. The Bertz CT molecular complexity index is 708. The van der Waals surface area contributed by atoms with Crippen molar-refractivity contribution in [1.82, 2.24) is 10.6 Å². The van der Waals surface area contributed by atoms with Crippen LogP contribution in [-0.4, -0.2) is 24.0 Å². The number of hydrogen-bond acceptors (Lipinski definition) is 2. The molecule has 0 spiro atoms. The predicted octanol–water partition coefficient (Wildman–Crippen LogP) is 3.90. The first-order chi connectivity index (χ1) is 12.9. The van der Waals surface area contributed by atoms with E-state index in [1.165, 1.54) is 19.3 Å². The van der Waals surface area contributed by atoms with Gasteiger partial charge in [-0.25, -0.2) is 4.79 Å². The molecule has 0 saturated heterocycles. The Balaban J connectivity index is 1.23. The highest BCUT2D eigenvalue weighted by molar-refractivity contribution is 5.92. The third-order valence-corrected chi connectivity index (χ3v) is 6.72. The number of anilines is 1. The largest absolute Gasteiger partial charge is 0.338 e. The molecule has 3 N–H and O–H groups in total. The van der Waals surface area contributed by atoms with Crippen molar-refractivity contribution in [2.24, 2.45) is 17.8 Å². The van der Waals surface area contributed by atoms with Crippen molar-refractivity contribution in [1.29, 1.82) is 0 Å². The number of aryl methyl sites for hydroxylation is 2. The summed E-state index contributed by atoms with van der Waals surface area (Å²) in [6.45, 7) is 4.34. The van der Waals surface area contributed by atoms with Crippen LogP contribution >= 0.6 is 0 Å². The molecule has 0 radical (unpaired) electrons. The molecule has 4 aliphatic carbocycles. The monoisotopic (exact) mass is 369 g/mol. The molecular weight excluding hydrogens is 338 g/mol. The van der Waals surface area contributed by atoms with Crippen LogP contribution in [0.15, 0.2) is 18.2 Å². The summed E-state index contributed by atoms with van der Waals surface area (Å²) < 4.78 is 0. The molecule has 0 aromatic heterocycles. The lowest BCUT2D eigenvalue weighted by Gasteiger charge is -2.56. The second-order valence-electron chi connectivity index (χ2n) is 9.20. The average Bonchev–Trinajstić information content (AvgIpc) is 2.56. The molecule has 146 valence electrons. The fourth-order valence-electron chi connectivity index (χ4n) is 5.92. The van der Waals surface area contributed by atoms with Gasteiger partial charge in [-0.2, -0.15) is 0 Å². The van der Waals surface area contributed by atoms with Crippen LogP contribution in [0, 0.1) is 31.6 Å². The van der Waals surface area contributed by atoms with Gasteiger partial charge in [-0.3, -0.25) is 4.79 Å². The minimum Gasteiger partial charge on any atom is -0.338 e. The zero-order chi connectivity index (χ0) is 19.0. The number of nitrogens with one attached hydrogen (secondary N) is 3. The molecule has 1 aromatic carbocycles. The van der Waals surface area contributed by atoms with Gasteiger partial charge in [-0.1, -0.05) is 12.1 Å². The molecule has 5 heteroatoms. The van der Waals surface area contributed by atoms with E-state index in [0.29, 0.717) is 6.54 Å². The molecule has 27 heavy (non-hydrogen) atoms. The van der Waals surface area contributed by atoms with Crippen LogP contribution in [-0.2, 0) is 4.79 Å². The van der Waals surface area contributed by atoms with Crippen LogP contribution < -0.4 is 16.0 Å². The van der Waals surface area contributed by atoms with Gasteiger partial charge in [-0.15, -0.1) is 0 Å². The molecule has 4 bridgehead atoms. The molecule has 4 aliphatic rings. The van der Waals surface area contributed by atoms with E-state index in [1.54, 1.807) is 0 Å². The number of urea groups is 1. The summed E-state index contributed by atoms with van der Waals surface area (Å²) in [6.07, 6.45) is 7.78. The maximum atomic E-state index is 12.4. The minimum atomic E-state index is -0.114. The Morgan fingerprint density at radius 2 is 1.67 bits per heavy atom. The van der Waals surface area contributed by atoms with E-state index in [2.05, 4.69) is 16.0 Å². The van der Waals surface area contributed by atoms with Crippen molar-refractivity contribution in [2.45, 2.75) is 64.3 Å². The van der Waals surface area contributed by atoms with Crippen LogP contribution in [0.25, 0.3) is 0 Å². The average molecular weight is 370 g/mol. The molecule has 4 fully saturated rings. The Kier molecular flexibility index (Phi) is 4.87. The summed E-state index contributed by atoms with van der Waals surface area (Å²) in [5.74, 6) is 2.35. The Labute approximate surface area is 161 Å². The van der Waals surface area contributed by atoms with E-state index in [4.69, 9.17) is 0 Å². The smallest absolute Gasteiger partial charge is 0.315 e. The third kappa shape index (κ3) is 4.12. The maximum absolute atomic E-state index is 12.4. The lowest BCUT2D eigenvalue weighted by molar-refractivity contribution is -0.116. The van der Waals surface area contributed by atoms with Crippen LogP contribution in [0.2, 0.25) is 0 Å². The summed E-state index contributed by atoms with van der Waals surface area (Å²) in [4.78, 5) is 24.6. The predicted molar refractivity (Wildman–Crippen MR) is 107 cm³/mol. The summed E-state index contributed by atoms with van der Waals surface area (Å²) >= 11 is 0. The van der Waals surface area contributed by atoms with Gasteiger partial charge in [0.05, 0.1) is 0 Å². The lowest BCUT2D eigenvalue weighted by atomic mass is 9.53. The number of hydrogen-bond donors (Lipinski definition) is 3. The topological polar surface area (TPSA) is 70.2 Å². The van der Waals surface area contributed by atoms with Gasteiger partial charge in [0.2, 0.25) is 5.91 Å². The molecule has 0 heterocycles. The summed E-state index contributed by atoms with van der Waals surface area (Å²) in [7, 11) is 0. The summed E-state index contributed by atoms with van der Waals surface area (Å²) in [6, 6.07) is 5.89. The third-order valence-electron chi connectivity index (χ3n) is 6.72. The minimum absolute atomic E-state index is 0.0137. The fraction of sp³-hybridized carbons (Fsp3) is 0.636. The lowest BCUT2D eigenvalue weighted by Crippen LogP contribution is -2.61. The first kappa shape index (κ1) is 18.3. The van der Waals surface area contributed by atoms with E-state index in [-0.39, 0.29) is 23.9 Å². The molecule has 3 amide bonds. The van der Waals surface area contributed by atoms with Gasteiger partial charge >= 0.3 is 6.03 Å². The Hall–Kier alpha value is -2.04. The molecule has 0 unspecified atom stereocenters. The highest BCUT2D eigenvalue weighted by Crippen LogP contribution is 2.55. The second-order valence-corrected chi connectivity index (χ2v) is 9.20. The van der Waals surface area contributed by atoms with Gasteiger partial charge in [0.25, 0.3) is 0 Å². The highest BCUT2D eigenvalue weighted by Gasteiger charge is 2.51. The Morgan fingerprint density at radius 1 is 1.04 bits per heavy atom. The van der Waals surface area contributed by atoms with Crippen molar-refractivity contribution in [3.8, 4) is 0 Å². The summed E-state index contributed by atoms with van der Waals surface area (Å²) in [5, 5.41) is 9.11. The number of carbonyl (C=O) groups excluding carboxylic acids is 2. The number of benzene rings is 1. The van der Waals surface area contributed by atoms with Gasteiger partial charge in [0, 0.05) is 24.2 Å². The van der Waals surface area contributed by atoms with Gasteiger partial charge in [0.1, 0.15) is 0 Å². The first-order valence-electron chi connectivity index (χ1n) is 10.3. The first-order valence-corrected chi connectivity index (χ1v) is 10.3. The molecule has 5 nitrogen and oxygen atoms in total. The van der Waals surface area contributed by atoms with Crippen molar-refractivity contribution >= 4 is 17.6 Å². The van der Waals surface area contributed by atoms with E-state index < -0.39 is 0 Å². The SMILES string of the molecule is Cc1ccc(C)c(NC(=O)CCNC(=O)NC23CC4CC(CC(C4)C2)C3)c1. The van der Waals surface area contributed by atoms with Crippen molar-refractivity contribution in [3.05, 3.63) is 29.3 Å². The van der Waals surface area contributed by atoms with E-state index >= 15 is 0 Å². The second kappa shape index (κ2) is 7.17. The van der Waals surface area contributed by atoms with Gasteiger partial charge < -0.3 is 16.0 Å². The number of amides is 3. The van der Waals surface area contributed by atoms with E-state index in [1.807, 2.05) is 32.0 Å². The van der Waals surface area contributed by atoms with E-state index in [0.717, 1.165) is 53.8 Å². The normalized spacial score (nSPS) is 30.8. The molecule has 0 aliphatic heterocycles. The zero-order valence-electron chi connectivity index (χ0n) is 16.4. The quantitative estimate of drug-likeness (QED) is 0.737.